The fourth-order valence-electron chi connectivity index (χ4n) is 1.82. The number of nitrogens with zero attached hydrogens (tertiary/aromatic N) is 3. The van der Waals surface area contributed by atoms with Gasteiger partial charge < -0.3 is 15.2 Å². The van der Waals surface area contributed by atoms with Gasteiger partial charge in [0, 0.05) is 12.7 Å². The van der Waals surface area contributed by atoms with Crippen LogP contribution in [-0.2, 0) is 5.54 Å². The summed E-state index contributed by atoms with van der Waals surface area (Å²) in [7, 11) is 0. The Morgan fingerprint density at radius 2 is 2.18 bits per heavy atom. The van der Waals surface area contributed by atoms with Crippen LogP contribution in [0.1, 0.15) is 42.8 Å². The van der Waals surface area contributed by atoms with Crippen LogP contribution in [-0.4, -0.2) is 27.6 Å². The molecule has 0 unspecified atom stereocenters. The zero-order chi connectivity index (χ0) is 16.3. The number of hydrogen-bond donors (Lipinski definition) is 2. The molecule has 2 rings (SSSR count). The summed E-state index contributed by atoms with van der Waals surface area (Å²) in [5.41, 5.74) is -0.443. The SMILES string of the molecule is CCNc1ncc(C(=O)NC(C)(C)c2nc(C)no2)cc1Cl. The van der Waals surface area contributed by atoms with Crippen LogP contribution in [0.3, 0.4) is 0 Å². The Morgan fingerprint density at radius 3 is 2.73 bits per heavy atom. The third kappa shape index (κ3) is 3.54. The van der Waals surface area contributed by atoms with Gasteiger partial charge in [-0.15, -0.1) is 0 Å². The predicted octanol–water partition coefficient (Wildman–Crippen LogP) is 2.52. The maximum atomic E-state index is 12.3. The number of pyridine rings is 1. The number of carbonyl (C=O) groups is 1. The Hall–Kier alpha value is -2.15. The number of carbonyl (C=O) groups excluding carboxylic acids is 1. The Balaban J connectivity index is 2.16. The number of hydrogen-bond acceptors (Lipinski definition) is 6. The number of rotatable bonds is 5. The van der Waals surface area contributed by atoms with E-state index in [1.807, 2.05) is 6.92 Å². The molecule has 2 heterocycles. The lowest BCUT2D eigenvalue weighted by atomic mass is 10.1. The first-order valence-electron chi connectivity index (χ1n) is 6.86. The van der Waals surface area contributed by atoms with Gasteiger partial charge in [0.15, 0.2) is 5.82 Å². The summed E-state index contributed by atoms with van der Waals surface area (Å²) in [6.45, 7) is 7.91. The standard InChI is InChI=1S/C14H18ClN5O2/c1-5-16-11-10(15)6-9(7-17-11)12(21)19-14(3,4)13-18-8(2)20-22-13/h6-7H,5H2,1-4H3,(H,16,17)(H,19,21). The quantitative estimate of drug-likeness (QED) is 0.878. The van der Waals surface area contributed by atoms with Crippen LogP contribution in [0.15, 0.2) is 16.8 Å². The lowest BCUT2D eigenvalue weighted by Crippen LogP contribution is -2.41. The first-order valence-corrected chi connectivity index (χ1v) is 7.24. The molecule has 1 amide bonds. The molecule has 0 bridgehead atoms. The van der Waals surface area contributed by atoms with Crippen molar-refractivity contribution in [3.8, 4) is 0 Å². The van der Waals surface area contributed by atoms with Crippen molar-refractivity contribution in [2.24, 2.45) is 0 Å². The number of nitrogens with one attached hydrogen (secondary N) is 2. The van der Waals surface area contributed by atoms with Crippen molar-refractivity contribution in [3.63, 3.8) is 0 Å². The molecule has 0 aliphatic heterocycles. The molecule has 2 aromatic rings. The minimum atomic E-state index is -0.800. The van der Waals surface area contributed by atoms with Gasteiger partial charge >= 0.3 is 0 Å². The van der Waals surface area contributed by atoms with Crippen LogP contribution in [0.5, 0.6) is 0 Å². The molecule has 22 heavy (non-hydrogen) atoms. The third-order valence-corrected chi connectivity index (χ3v) is 3.22. The Morgan fingerprint density at radius 1 is 1.45 bits per heavy atom. The summed E-state index contributed by atoms with van der Waals surface area (Å²) < 4.78 is 5.11. The van der Waals surface area contributed by atoms with E-state index in [2.05, 4.69) is 25.8 Å². The second kappa shape index (κ2) is 6.31. The van der Waals surface area contributed by atoms with Crippen LogP contribution in [0.2, 0.25) is 5.02 Å². The Kier molecular flexibility index (Phi) is 4.65. The molecule has 2 N–H and O–H groups in total. The summed E-state index contributed by atoms with van der Waals surface area (Å²) in [6, 6.07) is 1.57. The number of aryl methyl sites for hydroxylation is 1. The smallest absolute Gasteiger partial charge is 0.253 e. The first-order chi connectivity index (χ1) is 10.3. The van der Waals surface area contributed by atoms with Gasteiger partial charge in [-0.2, -0.15) is 4.98 Å². The van der Waals surface area contributed by atoms with Gasteiger partial charge in [0.1, 0.15) is 11.4 Å². The zero-order valence-electron chi connectivity index (χ0n) is 12.9. The maximum Gasteiger partial charge on any atom is 0.253 e. The van der Waals surface area contributed by atoms with E-state index < -0.39 is 5.54 Å². The monoisotopic (exact) mass is 323 g/mol. The average molecular weight is 324 g/mol. The summed E-state index contributed by atoms with van der Waals surface area (Å²) >= 11 is 6.10. The van der Waals surface area contributed by atoms with Gasteiger partial charge in [0.05, 0.1) is 10.6 Å². The summed E-state index contributed by atoms with van der Waals surface area (Å²) in [4.78, 5) is 20.6. The molecule has 2 aromatic heterocycles. The molecule has 0 aliphatic carbocycles. The molecule has 7 nitrogen and oxygen atoms in total. The van der Waals surface area contributed by atoms with Crippen molar-refractivity contribution in [2.45, 2.75) is 33.2 Å². The summed E-state index contributed by atoms with van der Waals surface area (Å²) in [5, 5.41) is 9.96. The number of amides is 1. The third-order valence-electron chi connectivity index (χ3n) is 2.94. The van der Waals surface area contributed by atoms with Crippen molar-refractivity contribution >= 4 is 23.3 Å². The van der Waals surface area contributed by atoms with E-state index >= 15 is 0 Å². The molecule has 0 saturated heterocycles. The highest BCUT2D eigenvalue weighted by Crippen LogP contribution is 2.22. The minimum absolute atomic E-state index is 0.321. The number of anilines is 1. The van der Waals surface area contributed by atoms with Gasteiger partial charge in [0.2, 0.25) is 0 Å². The van der Waals surface area contributed by atoms with Crippen molar-refractivity contribution in [1.82, 2.24) is 20.4 Å². The second-order valence-electron chi connectivity index (χ2n) is 5.31. The topological polar surface area (TPSA) is 92.9 Å². The molecule has 118 valence electrons. The molecular formula is C14H18ClN5O2. The van der Waals surface area contributed by atoms with Crippen LogP contribution in [0.25, 0.3) is 0 Å². The minimum Gasteiger partial charge on any atom is -0.369 e. The van der Waals surface area contributed by atoms with Crippen LogP contribution in [0.4, 0.5) is 5.82 Å². The summed E-state index contributed by atoms with van der Waals surface area (Å²) in [5.74, 6) is 1.07. The molecule has 0 fully saturated rings. The highest BCUT2D eigenvalue weighted by molar-refractivity contribution is 6.33. The van der Waals surface area contributed by atoms with Gasteiger partial charge in [-0.3, -0.25) is 4.79 Å². The van der Waals surface area contributed by atoms with Gasteiger partial charge in [-0.05, 0) is 33.8 Å². The number of halogens is 1. The Labute approximate surface area is 133 Å². The van der Waals surface area contributed by atoms with E-state index in [-0.39, 0.29) is 5.91 Å². The molecule has 0 spiro atoms. The second-order valence-corrected chi connectivity index (χ2v) is 5.72. The van der Waals surface area contributed by atoms with Gasteiger partial charge in [-0.1, -0.05) is 16.8 Å². The fourth-order valence-corrected chi connectivity index (χ4v) is 2.05. The largest absolute Gasteiger partial charge is 0.369 e. The highest BCUT2D eigenvalue weighted by Gasteiger charge is 2.29. The van der Waals surface area contributed by atoms with Crippen LogP contribution in [0, 0.1) is 6.92 Å². The van der Waals surface area contributed by atoms with Gasteiger partial charge in [0.25, 0.3) is 11.8 Å². The van der Waals surface area contributed by atoms with Crippen LogP contribution >= 0.6 is 11.6 Å². The lowest BCUT2D eigenvalue weighted by molar-refractivity contribution is 0.0894. The van der Waals surface area contributed by atoms with Crippen molar-refractivity contribution in [1.29, 1.82) is 0 Å². The summed E-state index contributed by atoms with van der Waals surface area (Å²) in [6.07, 6.45) is 1.47. The van der Waals surface area contributed by atoms with Gasteiger partial charge in [-0.25, -0.2) is 4.98 Å². The first kappa shape index (κ1) is 16.2. The van der Waals surface area contributed by atoms with Crippen molar-refractivity contribution < 1.29 is 9.32 Å². The highest BCUT2D eigenvalue weighted by atomic mass is 35.5. The maximum absolute atomic E-state index is 12.3. The molecule has 8 heteroatoms. The van der Waals surface area contributed by atoms with Crippen molar-refractivity contribution in [3.05, 3.63) is 34.6 Å². The van der Waals surface area contributed by atoms with Crippen LogP contribution < -0.4 is 10.6 Å². The van der Waals surface area contributed by atoms with E-state index in [1.54, 1.807) is 26.8 Å². The molecular weight excluding hydrogens is 306 g/mol. The Bertz CT molecular complexity index is 684. The number of aromatic nitrogens is 3. The molecule has 0 radical (unpaired) electrons. The molecule has 0 atom stereocenters. The normalized spacial score (nSPS) is 11.3. The van der Waals surface area contributed by atoms with E-state index in [0.717, 1.165) is 0 Å². The van der Waals surface area contributed by atoms with E-state index in [1.165, 1.54) is 6.20 Å². The van der Waals surface area contributed by atoms with E-state index in [0.29, 0.717) is 34.7 Å². The molecule has 0 aromatic carbocycles. The fraction of sp³-hybridized carbons (Fsp3) is 0.429. The molecule has 0 aliphatic rings. The average Bonchev–Trinajstić information content (AvgIpc) is 2.88. The van der Waals surface area contributed by atoms with E-state index in [9.17, 15) is 4.79 Å². The van der Waals surface area contributed by atoms with E-state index in [4.69, 9.17) is 16.1 Å². The van der Waals surface area contributed by atoms with Crippen molar-refractivity contribution in [2.75, 3.05) is 11.9 Å². The molecule has 0 saturated carbocycles. The lowest BCUT2D eigenvalue weighted by Gasteiger charge is -2.21. The zero-order valence-corrected chi connectivity index (χ0v) is 13.7. The predicted molar refractivity (Wildman–Crippen MR) is 82.9 cm³/mol.